The smallest absolute Gasteiger partial charge is 0.234 e. The number of carbonyl (C=O) groups is 1. The van der Waals surface area contributed by atoms with E-state index >= 15 is 0 Å². The Hall–Kier alpha value is -1.12. The van der Waals surface area contributed by atoms with Crippen molar-refractivity contribution in [3.63, 3.8) is 0 Å². The molecule has 0 bridgehead atoms. The summed E-state index contributed by atoms with van der Waals surface area (Å²) in [6.07, 6.45) is 2.14. The summed E-state index contributed by atoms with van der Waals surface area (Å²) in [7, 11) is 0. The minimum atomic E-state index is -0.407. The van der Waals surface area contributed by atoms with Crippen molar-refractivity contribution in [2.45, 2.75) is 39.2 Å². The van der Waals surface area contributed by atoms with E-state index in [1.54, 1.807) is 0 Å². The van der Waals surface area contributed by atoms with Crippen molar-refractivity contribution in [3.8, 4) is 6.07 Å². The lowest BCUT2D eigenvalue weighted by atomic mass is 10.0. The Morgan fingerprint density at radius 2 is 1.95 bits per heavy atom. The van der Waals surface area contributed by atoms with Crippen LogP contribution in [0.25, 0.3) is 0 Å². The summed E-state index contributed by atoms with van der Waals surface area (Å²) in [5.74, 6) is 0.112. The van der Waals surface area contributed by atoms with Crippen LogP contribution in [0.4, 0.5) is 0 Å². The van der Waals surface area contributed by atoms with E-state index in [9.17, 15) is 4.79 Å². The van der Waals surface area contributed by atoms with Crippen molar-refractivity contribution in [2.75, 3.05) is 39.3 Å². The van der Waals surface area contributed by atoms with Crippen LogP contribution in [0.2, 0.25) is 0 Å². The molecule has 1 N–H and O–H groups in total. The number of nitrogens with zero attached hydrogens (tertiary/aromatic N) is 3. The SMILES string of the molecule is CCCCNC(=O)CN1CCN(C(C)(C)C#N)CC1. The van der Waals surface area contributed by atoms with E-state index in [2.05, 4.69) is 28.1 Å². The van der Waals surface area contributed by atoms with Crippen LogP contribution in [0.3, 0.4) is 0 Å². The molecule has 0 aromatic heterocycles. The number of rotatable bonds is 6. The molecule has 0 saturated carbocycles. The lowest BCUT2D eigenvalue weighted by Gasteiger charge is -2.40. The van der Waals surface area contributed by atoms with Crippen molar-refractivity contribution < 1.29 is 4.79 Å². The zero-order valence-corrected chi connectivity index (χ0v) is 12.4. The van der Waals surface area contributed by atoms with Crippen LogP contribution < -0.4 is 5.32 Å². The number of unbranched alkanes of at least 4 members (excludes halogenated alkanes) is 1. The Labute approximate surface area is 116 Å². The van der Waals surface area contributed by atoms with E-state index in [0.717, 1.165) is 45.6 Å². The van der Waals surface area contributed by atoms with Crippen LogP contribution in [0.1, 0.15) is 33.6 Å². The van der Waals surface area contributed by atoms with Crippen LogP contribution in [0.15, 0.2) is 0 Å². The number of nitriles is 1. The fourth-order valence-corrected chi connectivity index (χ4v) is 2.20. The molecule has 1 aliphatic heterocycles. The van der Waals surface area contributed by atoms with E-state index in [-0.39, 0.29) is 5.91 Å². The van der Waals surface area contributed by atoms with Crippen molar-refractivity contribution in [1.29, 1.82) is 5.26 Å². The predicted molar refractivity (Wildman–Crippen MR) is 75.6 cm³/mol. The van der Waals surface area contributed by atoms with Gasteiger partial charge in [-0.05, 0) is 20.3 Å². The molecule has 0 atom stereocenters. The molecule has 5 nitrogen and oxygen atoms in total. The van der Waals surface area contributed by atoms with Crippen LogP contribution in [-0.2, 0) is 4.79 Å². The molecule has 1 amide bonds. The third-order valence-corrected chi connectivity index (χ3v) is 3.66. The normalized spacial score (nSPS) is 18.0. The summed E-state index contributed by atoms with van der Waals surface area (Å²) in [6, 6.07) is 2.33. The molecule has 1 rings (SSSR count). The zero-order chi connectivity index (χ0) is 14.3. The Balaban J connectivity index is 2.27. The Bertz CT molecular complexity index is 327. The second-order valence-electron chi connectivity index (χ2n) is 5.64. The molecule has 0 aromatic rings. The third-order valence-electron chi connectivity index (χ3n) is 3.66. The van der Waals surface area contributed by atoms with Gasteiger partial charge in [-0.15, -0.1) is 0 Å². The maximum atomic E-state index is 11.7. The van der Waals surface area contributed by atoms with Crippen molar-refractivity contribution >= 4 is 5.91 Å². The molecule has 0 spiro atoms. The number of amides is 1. The van der Waals surface area contributed by atoms with Crippen LogP contribution in [0.5, 0.6) is 0 Å². The number of piperazine rings is 1. The minimum Gasteiger partial charge on any atom is -0.355 e. The van der Waals surface area contributed by atoms with Gasteiger partial charge in [-0.25, -0.2) is 0 Å². The van der Waals surface area contributed by atoms with Gasteiger partial charge in [0.05, 0.1) is 12.6 Å². The molecule has 0 radical (unpaired) electrons. The first-order valence-corrected chi connectivity index (χ1v) is 7.15. The summed E-state index contributed by atoms with van der Waals surface area (Å²) in [5.41, 5.74) is -0.407. The fourth-order valence-electron chi connectivity index (χ4n) is 2.20. The molecule has 0 aromatic carbocycles. The minimum absolute atomic E-state index is 0.112. The Morgan fingerprint density at radius 1 is 1.32 bits per heavy atom. The van der Waals surface area contributed by atoms with Gasteiger partial charge in [-0.3, -0.25) is 14.6 Å². The lowest BCUT2D eigenvalue weighted by molar-refractivity contribution is -0.122. The van der Waals surface area contributed by atoms with Crippen molar-refractivity contribution in [1.82, 2.24) is 15.1 Å². The second kappa shape index (κ2) is 7.46. The molecule has 0 unspecified atom stereocenters. The number of hydrogen-bond acceptors (Lipinski definition) is 4. The molecule has 108 valence electrons. The van der Waals surface area contributed by atoms with Crippen LogP contribution >= 0.6 is 0 Å². The number of nitrogens with one attached hydrogen (secondary N) is 1. The molecule has 1 fully saturated rings. The monoisotopic (exact) mass is 266 g/mol. The van der Waals surface area contributed by atoms with Crippen LogP contribution in [-0.4, -0.2) is 60.5 Å². The van der Waals surface area contributed by atoms with Gasteiger partial charge in [-0.2, -0.15) is 5.26 Å². The van der Waals surface area contributed by atoms with E-state index < -0.39 is 5.54 Å². The highest BCUT2D eigenvalue weighted by atomic mass is 16.2. The number of hydrogen-bond donors (Lipinski definition) is 1. The molecule has 1 aliphatic rings. The van der Waals surface area contributed by atoms with Gasteiger partial charge < -0.3 is 5.32 Å². The average Bonchev–Trinajstić information content (AvgIpc) is 2.39. The zero-order valence-electron chi connectivity index (χ0n) is 12.4. The van der Waals surface area contributed by atoms with E-state index in [1.165, 1.54) is 0 Å². The number of carbonyl (C=O) groups excluding carboxylic acids is 1. The summed E-state index contributed by atoms with van der Waals surface area (Å²) >= 11 is 0. The van der Waals surface area contributed by atoms with Gasteiger partial charge in [0.1, 0.15) is 5.54 Å². The molecule has 19 heavy (non-hydrogen) atoms. The van der Waals surface area contributed by atoms with Crippen LogP contribution in [0, 0.1) is 11.3 Å². The maximum absolute atomic E-state index is 11.7. The highest BCUT2D eigenvalue weighted by Crippen LogP contribution is 2.15. The van der Waals surface area contributed by atoms with Gasteiger partial charge in [-0.1, -0.05) is 13.3 Å². The first kappa shape index (κ1) is 15.9. The van der Waals surface area contributed by atoms with Gasteiger partial charge in [0.25, 0.3) is 0 Å². The molecule has 0 aliphatic carbocycles. The van der Waals surface area contributed by atoms with Gasteiger partial charge in [0.15, 0.2) is 0 Å². The second-order valence-corrected chi connectivity index (χ2v) is 5.64. The van der Waals surface area contributed by atoms with E-state index in [4.69, 9.17) is 5.26 Å². The molecular weight excluding hydrogens is 240 g/mol. The lowest BCUT2D eigenvalue weighted by Crippen LogP contribution is -2.55. The first-order chi connectivity index (χ1) is 8.99. The van der Waals surface area contributed by atoms with Gasteiger partial charge in [0.2, 0.25) is 5.91 Å². The Morgan fingerprint density at radius 3 is 2.47 bits per heavy atom. The highest BCUT2D eigenvalue weighted by Gasteiger charge is 2.29. The third kappa shape index (κ3) is 5.17. The topological polar surface area (TPSA) is 59.4 Å². The molecule has 5 heteroatoms. The summed E-state index contributed by atoms with van der Waals surface area (Å²) < 4.78 is 0. The quantitative estimate of drug-likeness (QED) is 0.723. The summed E-state index contributed by atoms with van der Waals surface area (Å²) in [4.78, 5) is 16.0. The highest BCUT2D eigenvalue weighted by molar-refractivity contribution is 5.77. The molecular formula is C14H26N4O. The van der Waals surface area contributed by atoms with Gasteiger partial charge >= 0.3 is 0 Å². The predicted octanol–water partition coefficient (Wildman–Crippen LogP) is 0.822. The average molecular weight is 266 g/mol. The Kier molecular flexibility index (Phi) is 6.26. The molecule has 1 heterocycles. The van der Waals surface area contributed by atoms with E-state index in [1.807, 2.05) is 13.8 Å². The maximum Gasteiger partial charge on any atom is 0.234 e. The summed E-state index contributed by atoms with van der Waals surface area (Å²) in [5, 5.41) is 12.0. The molecule has 1 saturated heterocycles. The van der Waals surface area contributed by atoms with E-state index in [0.29, 0.717) is 6.54 Å². The first-order valence-electron chi connectivity index (χ1n) is 7.15. The fraction of sp³-hybridized carbons (Fsp3) is 0.857. The van der Waals surface area contributed by atoms with Crippen molar-refractivity contribution in [2.24, 2.45) is 0 Å². The van der Waals surface area contributed by atoms with Gasteiger partial charge in [0, 0.05) is 32.7 Å². The largest absolute Gasteiger partial charge is 0.355 e. The standard InChI is InChI=1S/C14H26N4O/c1-4-5-6-16-13(19)11-17-7-9-18(10-8-17)14(2,3)12-15/h4-11H2,1-3H3,(H,16,19). The summed E-state index contributed by atoms with van der Waals surface area (Å²) in [6.45, 7) is 10.7. The van der Waals surface area contributed by atoms with Crippen molar-refractivity contribution in [3.05, 3.63) is 0 Å².